The van der Waals surface area contributed by atoms with Crippen molar-refractivity contribution in [2.45, 2.75) is 12.3 Å². The molecule has 2 aromatic carbocycles. The van der Waals surface area contributed by atoms with Gasteiger partial charge in [0, 0.05) is 10.6 Å². The molecule has 1 aliphatic rings. The zero-order valence-corrected chi connectivity index (χ0v) is 12.7. The average molecular weight is 317 g/mol. The molecule has 0 bridgehead atoms. The molecule has 1 unspecified atom stereocenters. The lowest BCUT2D eigenvalue weighted by molar-refractivity contribution is -0.118. The minimum atomic E-state index is -0.126. The molecule has 3 N–H and O–H groups in total. The van der Waals surface area contributed by atoms with Crippen molar-refractivity contribution in [2.24, 2.45) is 5.73 Å². The van der Waals surface area contributed by atoms with Gasteiger partial charge in [-0.2, -0.15) is 0 Å². The smallest absolute Gasteiger partial charge is 0.232 e. The molecule has 0 fully saturated rings. The van der Waals surface area contributed by atoms with Gasteiger partial charge in [-0.3, -0.25) is 4.79 Å². The molecular formula is C16H13ClN2OS. The van der Waals surface area contributed by atoms with Crippen LogP contribution < -0.4 is 11.1 Å². The Labute approximate surface area is 133 Å². The number of nitrogens with one attached hydrogen (secondary N) is 1. The number of rotatable bonds is 3. The Morgan fingerprint density at radius 2 is 2.05 bits per heavy atom. The Hall–Kier alpha value is -1.91. The Morgan fingerprint density at radius 1 is 1.29 bits per heavy atom. The number of halogens is 1. The molecule has 3 rings (SSSR count). The Morgan fingerprint density at radius 3 is 2.76 bits per heavy atom. The summed E-state index contributed by atoms with van der Waals surface area (Å²) < 4.78 is 0. The summed E-state index contributed by atoms with van der Waals surface area (Å²) in [5.41, 5.74) is 9.16. The fourth-order valence-corrected chi connectivity index (χ4v) is 2.90. The Bertz CT molecular complexity index is 745. The van der Waals surface area contributed by atoms with E-state index in [9.17, 15) is 4.79 Å². The number of thiocarbonyl (C=S) groups is 1. The van der Waals surface area contributed by atoms with Crippen molar-refractivity contribution in [1.82, 2.24) is 0 Å². The standard InChI is InChI=1S/C16H13ClN2OS/c17-10-5-6-12(15(18)21)14(8-10)19-16(20)13-7-9-3-1-2-4-11(9)13/h1-6,8,13H,7H2,(H2,18,21)(H,19,20). The van der Waals surface area contributed by atoms with Gasteiger partial charge in [0.05, 0.1) is 11.6 Å². The SMILES string of the molecule is NC(=S)c1ccc(Cl)cc1NC(=O)C1Cc2ccccc21. The second-order valence-electron chi connectivity index (χ2n) is 5.00. The average Bonchev–Trinajstić information content (AvgIpc) is 2.40. The highest BCUT2D eigenvalue weighted by Crippen LogP contribution is 2.36. The lowest BCUT2D eigenvalue weighted by atomic mass is 9.77. The van der Waals surface area contributed by atoms with Crippen LogP contribution in [0, 0.1) is 0 Å². The third-order valence-electron chi connectivity index (χ3n) is 3.68. The zero-order chi connectivity index (χ0) is 15.0. The molecule has 0 saturated heterocycles. The number of benzene rings is 2. The topological polar surface area (TPSA) is 55.1 Å². The van der Waals surface area contributed by atoms with E-state index in [4.69, 9.17) is 29.6 Å². The number of anilines is 1. The lowest BCUT2D eigenvalue weighted by Gasteiger charge is -2.29. The number of nitrogens with two attached hydrogens (primary N) is 1. The molecule has 0 saturated carbocycles. The molecule has 1 atom stereocenters. The van der Waals surface area contributed by atoms with Crippen LogP contribution in [-0.2, 0) is 11.2 Å². The fraction of sp³-hybridized carbons (Fsp3) is 0.125. The van der Waals surface area contributed by atoms with Crippen LogP contribution in [-0.4, -0.2) is 10.9 Å². The van der Waals surface area contributed by atoms with Crippen LogP contribution in [0.25, 0.3) is 0 Å². The third kappa shape index (κ3) is 2.64. The van der Waals surface area contributed by atoms with Crippen LogP contribution in [0.3, 0.4) is 0 Å². The molecule has 0 aromatic heterocycles. The van der Waals surface area contributed by atoms with Crippen molar-refractivity contribution in [1.29, 1.82) is 0 Å². The summed E-state index contributed by atoms with van der Waals surface area (Å²) in [5.74, 6) is -0.187. The highest BCUT2D eigenvalue weighted by atomic mass is 35.5. The number of fused-ring (bicyclic) bond motifs is 1. The van der Waals surface area contributed by atoms with Gasteiger partial charge in [-0.05, 0) is 35.7 Å². The van der Waals surface area contributed by atoms with Gasteiger partial charge in [0.25, 0.3) is 0 Å². The van der Waals surface area contributed by atoms with Gasteiger partial charge in [0.15, 0.2) is 0 Å². The van der Waals surface area contributed by atoms with Gasteiger partial charge < -0.3 is 11.1 Å². The first-order chi connectivity index (χ1) is 10.1. The lowest BCUT2D eigenvalue weighted by Crippen LogP contribution is -2.30. The largest absolute Gasteiger partial charge is 0.389 e. The molecular weight excluding hydrogens is 304 g/mol. The van der Waals surface area contributed by atoms with E-state index in [2.05, 4.69) is 5.32 Å². The van der Waals surface area contributed by atoms with E-state index in [0.717, 1.165) is 12.0 Å². The Kier molecular flexibility index (Phi) is 3.66. The Balaban J connectivity index is 1.84. The first-order valence-electron chi connectivity index (χ1n) is 6.54. The fourth-order valence-electron chi connectivity index (χ4n) is 2.55. The molecule has 0 aliphatic heterocycles. The number of hydrogen-bond donors (Lipinski definition) is 2. The highest BCUT2D eigenvalue weighted by Gasteiger charge is 2.32. The van der Waals surface area contributed by atoms with E-state index < -0.39 is 0 Å². The molecule has 0 radical (unpaired) electrons. The first kappa shape index (κ1) is 14.0. The molecule has 3 nitrogen and oxygen atoms in total. The van der Waals surface area contributed by atoms with Crippen LogP contribution >= 0.6 is 23.8 Å². The first-order valence-corrected chi connectivity index (χ1v) is 7.33. The summed E-state index contributed by atoms with van der Waals surface area (Å²) >= 11 is 11.0. The second-order valence-corrected chi connectivity index (χ2v) is 5.88. The van der Waals surface area contributed by atoms with Crippen molar-refractivity contribution in [2.75, 3.05) is 5.32 Å². The molecule has 21 heavy (non-hydrogen) atoms. The van der Waals surface area contributed by atoms with E-state index in [1.807, 2.05) is 24.3 Å². The third-order valence-corrected chi connectivity index (χ3v) is 4.13. The summed E-state index contributed by atoms with van der Waals surface area (Å²) in [4.78, 5) is 12.6. The summed E-state index contributed by atoms with van der Waals surface area (Å²) in [6.07, 6.45) is 0.755. The van der Waals surface area contributed by atoms with Crippen LogP contribution in [0.5, 0.6) is 0 Å². The molecule has 2 aromatic rings. The molecule has 0 spiro atoms. The van der Waals surface area contributed by atoms with Crippen molar-refractivity contribution in [3.63, 3.8) is 0 Å². The zero-order valence-electron chi connectivity index (χ0n) is 11.1. The van der Waals surface area contributed by atoms with Gasteiger partial charge in [-0.15, -0.1) is 0 Å². The minimum absolute atomic E-state index is 0.0616. The van der Waals surface area contributed by atoms with Gasteiger partial charge in [-0.1, -0.05) is 48.1 Å². The van der Waals surface area contributed by atoms with E-state index in [1.165, 1.54) is 5.56 Å². The molecule has 1 amide bonds. The molecule has 106 valence electrons. The summed E-state index contributed by atoms with van der Waals surface area (Å²) in [6, 6.07) is 13.0. The van der Waals surface area contributed by atoms with Crippen LogP contribution in [0.4, 0.5) is 5.69 Å². The van der Waals surface area contributed by atoms with Gasteiger partial charge in [0.2, 0.25) is 5.91 Å². The highest BCUT2D eigenvalue weighted by molar-refractivity contribution is 7.80. The van der Waals surface area contributed by atoms with E-state index >= 15 is 0 Å². The van der Waals surface area contributed by atoms with Gasteiger partial charge in [-0.25, -0.2) is 0 Å². The minimum Gasteiger partial charge on any atom is -0.389 e. The van der Waals surface area contributed by atoms with Crippen molar-refractivity contribution in [3.8, 4) is 0 Å². The van der Waals surface area contributed by atoms with E-state index in [1.54, 1.807) is 18.2 Å². The normalized spacial score (nSPS) is 15.8. The summed E-state index contributed by atoms with van der Waals surface area (Å²) in [7, 11) is 0. The monoisotopic (exact) mass is 316 g/mol. The molecule has 5 heteroatoms. The maximum absolute atomic E-state index is 12.4. The van der Waals surface area contributed by atoms with Crippen LogP contribution in [0.1, 0.15) is 22.6 Å². The summed E-state index contributed by atoms with van der Waals surface area (Å²) in [5, 5.41) is 3.41. The van der Waals surface area contributed by atoms with Crippen molar-refractivity contribution >= 4 is 40.4 Å². The molecule has 0 heterocycles. The van der Waals surface area contributed by atoms with Crippen LogP contribution in [0.2, 0.25) is 5.02 Å². The van der Waals surface area contributed by atoms with Gasteiger partial charge >= 0.3 is 0 Å². The number of carbonyl (C=O) groups is 1. The van der Waals surface area contributed by atoms with Gasteiger partial charge in [0.1, 0.15) is 4.99 Å². The maximum Gasteiger partial charge on any atom is 0.232 e. The predicted octanol–water partition coefficient (Wildman–Crippen LogP) is 3.25. The molecule has 1 aliphatic carbocycles. The van der Waals surface area contributed by atoms with E-state index in [0.29, 0.717) is 16.3 Å². The predicted molar refractivity (Wildman–Crippen MR) is 88.9 cm³/mol. The second kappa shape index (κ2) is 5.47. The van der Waals surface area contributed by atoms with Crippen molar-refractivity contribution in [3.05, 3.63) is 64.2 Å². The number of carbonyl (C=O) groups excluding carboxylic acids is 1. The summed E-state index contributed by atoms with van der Waals surface area (Å²) in [6.45, 7) is 0. The number of amides is 1. The maximum atomic E-state index is 12.4. The van der Waals surface area contributed by atoms with E-state index in [-0.39, 0.29) is 16.8 Å². The van der Waals surface area contributed by atoms with Crippen molar-refractivity contribution < 1.29 is 4.79 Å². The quantitative estimate of drug-likeness (QED) is 0.855. The number of hydrogen-bond acceptors (Lipinski definition) is 2. The van der Waals surface area contributed by atoms with Crippen LogP contribution in [0.15, 0.2) is 42.5 Å².